The third kappa shape index (κ3) is 5.84. The molecule has 0 saturated carbocycles. The molecule has 32 heavy (non-hydrogen) atoms. The first kappa shape index (κ1) is 22.2. The van der Waals surface area contributed by atoms with E-state index < -0.39 is 0 Å². The van der Waals surface area contributed by atoms with Crippen LogP contribution >= 0.6 is 31.9 Å². The van der Waals surface area contributed by atoms with Gasteiger partial charge < -0.3 is 9.47 Å². The fourth-order valence-electron chi connectivity index (χ4n) is 2.93. The summed E-state index contributed by atoms with van der Waals surface area (Å²) in [6.45, 7) is 0.134. The molecule has 0 heterocycles. The van der Waals surface area contributed by atoms with E-state index in [1.54, 1.807) is 24.4 Å². The van der Waals surface area contributed by atoms with E-state index in [1.807, 2.05) is 66.7 Å². The van der Waals surface area contributed by atoms with E-state index in [2.05, 4.69) is 36.9 Å². The first-order chi connectivity index (χ1) is 15.6. The topological polar surface area (TPSA) is 30.8 Å². The molecule has 6 heteroatoms. The number of benzene rings is 4. The molecule has 0 atom stereocenters. The molecule has 160 valence electrons. The first-order valence-electron chi connectivity index (χ1n) is 9.81. The number of ether oxygens (including phenoxy) is 2. The number of para-hydroxylation sites is 1. The molecule has 0 aliphatic heterocycles. The summed E-state index contributed by atoms with van der Waals surface area (Å²) >= 11 is 7.06. The van der Waals surface area contributed by atoms with Gasteiger partial charge in [-0.2, -0.15) is 0 Å². The van der Waals surface area contributed by atoms with Crippen LogP contribution in [0, 0.1) is 5.82 Å². The summed E-state index contributed by atoms with van der Waals surface area (Å²) in [6.07, 6.45) is 1.77. The Labute approximate surface area is 202 Å². The summed E-state index contributed by atoms with van der Waals surface area (Å²) in [4.78, 5) is 4.53. The SMILES string of the molecule is Fc1ccccc1COc1c(Br)cc(C=Nc2ccc(Oc3ccccc3)cc2)cc1Br. The smallest absolute Gasteiger partial charge is 0.148 e. The van der Waals surface area contributed by atoms with Gasteiger partial charge in [-0.3, -0.25) is 4.99 Å². The maximum Gasteiger partial charge on any atom is 0.148 e. The Hall–Kier alpha value is -2.96. The van der Waals surface area contributed by atoms with Crippen LogP contribution in [-0.2, 0) is 6.61 Å². The second-order valence-corrected chi connectivity index (χ2v) is 8.57. The van der Waals surface area contributed by atoms with Crippen molar-refractivity contribution in [3.63, 3.8) is 0 Å². The van der Waals surface area contributed by atoms with Gasteiger partial charge in [0.15, 0.2) is 0 Å². The van der Waals surface area contributed by atoms with Gasteiger partial charge in [0.05, 0.1) is 14.6 Å². The van der Waals surface area contributed by atoms with Crippen LogP contribution in [0.2, 0.25) is 0 Å². The normalized spacial score (nSPS) is 11.0. The van der Waals surface area contributed by atoms with Crippen molar-refractivity contribution in [1.82, 2.24) is 0 Å². The van der Waals surface area contributed by atoms with Crippen LogP contribution in [0.1, 0.15) is 11.1 Å². The van der Waals surface area contributed by atoms with E-state index in [0.29, 0.717) is 11.3 Å². The number of nitrogens with zero attached hydrogens (tertiary/aromatic N) is 1. The fraction of sp³-hybridized carbons (Fsp3) is 0.0385. The minimum atomic E-state index is -0.288. The van der Waals surface area contributed by atoms with E-state index in [4.69, 9.17) is 9.47 Å². The van der Waals surface area contributed by atoms with Crippen LogP contribution in [0.15, 0.2) is 105 Å². The van der Waals surface area contributed by atoms with Gasteiger partial charge in [-0.15, -0.1) is 0 Å². The van der Waals surface area contributed by atoms with E-state index in [9.17, 15) is 4.39 Å². The van der Waals surface area contributed by atoms with Gasteiger partial charge >= 0.3 is 0 Å². The molecule has 3 nitrogen and oxygen atoms in total. The highest BCUT2D eigenvalue weighted by Gasteiger charge is 2.10. The van der Waals surface area contributed by atoms with Crippen LogP contribution in [0.5, 0.6) is 17.2 Å². The second kappa shape index (κ2) is 10.6. The first-order valence-corrected chi connectivity index (χ1v) is 11.4. The highest BCUT2D eigenvalue weighted by molar-refractivity contribution is 9.11. The summed E-state index contributed by atoms with van der Waals surface area (Å²) in [7, 11) is 0. The van der Waals surface area contributed by atoms with Crippen molar-refractivity contribution in [3.05, 3.63) is 117 Å². The molecular weight excluding hydrogens is 537 g/mol. The average Bonchev–Trinajstić information content (AvgIpc) is 2.80. The lowest BCUT2D eigenvalue weighted by Gasteiger charge is -2.12. The molecule has 0 aliphatic rings. The highest BCUT2D eigenvalue weighted by Crippen LogP contribution is 2.35. The lowest BCUT2D eigenvalue weighted by atomic mass is 10.2. The van der Waals surface area contributed by atoms with Crippen molar-refractivity contribution in [2.24, 2.45) is 4.99 Å². The lowest BCUT2D eigenvalue weighted by molar-refractivity contribution is 0.296. The quantitative estimate of drug-likeness (QED) is 0.214. The van der Waals surface area contributed by atoms with Crippen LogP contribution in [0.4, 0.5) is 10.1 Å². The van der Waals surface area contributed by atoms with Gasteiger partial charge in [-0.1, -0.05) is 36.4 Å². The zero-order chi connectivity index (χ0) is 22.3. The molecule has 0 radical (unpaired) electrons. The van der Waals surface area contributed by atoms with Crippen LogP contribution in [0.25, 0.3) is 0 Å². The summed E-state index contributed by atoms with van der Waals surface area (Å²) in [5.41, 5.74) is 2.18. The molecule has 0 aliphatic carbocycles. The predicted molar refractivity (Wildman–Crippen MR) is 133 cm³/mol. The van der Waals surface area contributed by atoms with Gasteiger partial charge in [0.1, 0.15) is 29.7 Å². The number of hydrogen-bond acceptors (Lipinski definition) is 3. The van der Waals surface area contributed by atoms with Gasteiger partial charge in [0.2, 0.25) is 0 Å². The average molecular weight is 555 g/mol. The maximum atomic E-state index is 13.8. The summed E-state index contributed by atoms with van der Waals surface area (Å²) in [5, 5.41) is 0. The Morgan fingerprint density at radius 1 is 0.781 bits per heavy atom. The molecule has 0 N–H and O–H groups in total. The molecule has 4 aromatic rings. The maximum absolute atomic E-state index is 13.8. The minimum absolute atomic E-state index is 0.134. The van der Waals surface area contributed by atoms with Gasteiger partial charge in [-0.05, 0) is 92.0 Å². The molecule has 0 bridgehead atoms. The summed E-state index contributed by atoms with van der Waals surface area (Å²) in [5.74, 6) is 1.85. The Balaban J connectivity index is 1.42. The van der Waals surface area contributed by atoms with Crippen molar-refractivity contribution in [3.8, 4) is 17.2 Å². The minimum Gasteiger partial charge on any atom is -0.486 e. The van der Waals surface area contributed by atoms with Crippen LogP contribution in [0.3, 0.4) is 0 Å². The van der Waals surface area contributed by atoms with E-state index in [-0.39, 0.29) is 12.4 Å². The molecule has 0 spiro atoms. The van der Waals surface area contributed by atoms with E-state index in [0.717, 1.165) is 31.7 Å². The van der Waals surface area contributed by atoms with Crippen molar-refractivity contribution in [1.29, 1.82) is 0 Å². The molecular formula is C26H18Br2FNO2. The number of aliphatic imine (C=N–C) groups is 1. The third-order valence-corrected chi connectivity index (χ3v) is 5.71. The Morgan fingerprint density at radius 3 is 2.09 bits per heavy atom. The van der Waals surface area contributed by atoms with Gasteiger partial charge in [0.25, 0.3) is 0 Å². The predicted octanol–water partition coefficient (Wildman–Crippen LogP) is 8.47. The highest BCUT2D eigenvalue weighted by atomic mass is 79.9. The molecule has 0 unspecified atom stereocenters. The third-order valence-electron chi connectivity index (χ3n) is 4.53. The largest absolute Gasteiger partial charge is 0.486 e. The van der Waals surface area contributed by atoms with E-state index in [1.165, 1.54) is 6.07 Å². The summed E-state index contributed by atoms with van der Waals surface area (Å²) in [6, 6.07) is 27.5. The molecule has 0 fully saturated rings. The van der Waals surface area contributed by atoms with Crippen molar-refractivity contribution >= 4 is 43.8 Å². The Kier molecular flexibility index (Phi) is 7.35. The second-order valence-electron chi connectivity index (χ2n) is 6.86. The number of rotatable bonds is 7. The van der Waals surface area contributed by atoms with Crippen molar-refractivity contribution < 1.29 is 13.9 Å². The van der Waals surface area contributed by atoms with Gasteiger partial charge in [0, 0.05) is 11.8 Å². The molecule has 0 aromatic heterocycles. The molecule has 0 amide bonds. The lowest BCUT2D eigenvalue weighted by Crippen LogP contribution is -2.00. The standard InChI is InChI=1S/C26H18Br2FNO2/c27-23-14-18(15-24(28)26(23)31-17-19-6-4-5-9-25(19)29)16-30-20-10-12-22(13-11-20)32-21-7-2-1-3-8-21/h1-16H,17H2. The van der Waals surface area contributed by atoms with Crippen LogP contribution < -0.4 is 9.47 Å². The van der Waals surface area contributed by atoms with Crippen LogP contribution in [-0.4, -0.2) is 6.21 Å². The number of halogens is 3. The Bertz CT molecular complexity index is 1210. The van der Waals surface area contributed by atoms with Gasteiger partial charge in [-0.25, -0.2) is 4.39 Å². The molecule has 4 aromatic carbocycles. The van der Waals surface area contributed by atoms with E-state index >= 15 is 0 Å². The monoisotopic (exact) mass is 553 g/mol. The number of hydrogen-bond donors (Lipinski definition) is 0. The zero-order valence-corrected chi connectivity index (χ0v) is 20.0. The summed E-state index contributed by atoms with van der Waals surface area (Å²) < 4.78 is 26.9. The molecule has 0 saturated heterocycles. The Morgan fingerprint density at radius 2 is 1.41 bits per heavy atom. The molecule has 4 rings (SSSR count). The fourth-order valence-corrected chi connectivity index (χ4v) is 4.38. The van der Waals surface area contributed by atoms with Crippen molar-refractivity contribution in [2.45, 2.75) is 6.61 Å². The zero-order valence-electron chi connectivity index (χ0n) is 16.8. The van der Waals surface area contributed by atoms with Crippen molar-refractivity contribution in [2.75, 3.05) is 0 Å².